The Hall–Kier alpha value is -1.75. The van der Waals surface area contributed by atoms with Crippen molar-refractivity contribution in [3.63, 3.8) is 0 Å². The summed E-state index contributed by atoms with van der Waals surface area (Å²) in [5, 5.41) is 3.25. The first-order chi connectivity index (χ1) is 10.6. The Morgan fingerprint density at radius 2 is 1.83 bits per heavy atom. The largest absolute Gasteiger partial charge is 0.444 e. The lowest BCUT2D eigenvalue weighted by Crippen LogP contribution is -2.36. The van der Waals surface area contributed by atoms with Gasteiger partial charge in [-0.3, -0.25) is 4.79 Å². The topological polar surface area (TPSA) is 58.6 Å². The molecule has 0 spiro atoms. The molecular formula is C17H25ClN2O3. The number of nitrogens with zero attached hydrogens (tertiary/aromatic N) is 1. The molecule has 128 valence electrons. The van der Waals surface area contributed by atoms with Crippen molar-refractivity contribution in [1.29, 1.82) is 0 Å². The van der Waals surface area contributed by atoms with Crippen molar-refractivity contribution in [3.05, 3.63) is 34.9 Å². The molecule has 0 aliphatic carbocycles. The first-order valence-corrected chi connectivity index (χ1v) is 7.96. The van der Waals surface area contributed by atoms with Crippen LogP contribution in [0, 0.1) is 0 Å². The standard InChI is InChI=1S/C17H25ClN2O3/c1-12(13-6-8-14(18)9-7-13)20(5)15(21)10-11-19-16(22)23-17(2,3)4/h6-9,12H,10-11H2,1-5H3,(H,19,22). The number of ether oxygens (including phenoxy) is 1. The summed E-state index contributed by atoms with van der Waals surface area (Å²) in [4.78, 5) is 25.4. The van der Waals surface area contributed by atoms with Gasteiger partial charge >= 0.3 is 6.09 Å². The molecule has 1 unspecified atom stereocenters. The van der Waals surface area contributed by atoms with Gasteiger partial charge in [0.1, 0.15) is 5.60 Å². The van der Waals surface area contributed by atoms with Crippen LogP contribution in [0.4, 0.5) is 4.79 Å². The van der Waals surface area contributed by atoms with Gasteiger partial charge in [-0.05, 0) is 45.4 Å². The van der Waals surface area contributed by atoms with Crippen molar-refractivity contribution in [3.8, 4) is 0 Å². The van der Waals surface area contributed by atoms with Crippen molar-refractivity contribution in [2.24, 2.45) is 0 Å². The van der Waals surface area contributed by atoms with E-state index in [4.69, 9.17) is 16.3 Å². The highest BCUT2D eigenvalue weighted by molar-refractivity contribution is 6.30. The molecule has 0 radical (unpaired) electrons. The van der Waals surface area contributed by atoms with Gasteiger partial charge < -0.3 is 15.0 Å². The first kappa shape index (κ1) is 19.3. The second-order valence-corrected chi connectivity index (χ2v) is 6.85. The molecule has 0 aliphatic heterocycles. The molecule has 5 nitrogen and oxygen atoms in total. The Bertz CT molecular complexity index is 538. The molecule has 1 aromatic carbocycles. The Morgan fingerprint density at radius 1 is 1.26 bits per heavy atom. The van der Waals surface area contributed by atoms with Crippen molar-refractivity contribution < 1.29 is 14.3 Å². The molecule has 1 aromatic rings. The molecule has 0 aromatic heterocycles. The molecule has 0 heterocycles. The van der Waals surface area contributed by atoms with E-state index in [1.165, 1.54) is 0 Å². The van der Waals surface area contributed by atoms with E-state index in [9.17, 15) is 9.59 Å². The zero-order valence-corrected chi connectivity index (χ0v) is 15.1. The van der Waals surface area contributed by atoms with Gasteiger partial charge in [-0.2, -0.15) is 0 Å². The third-order valence-corrected chi connectivity index (χ3v) is 3.59. The Balaban J connectivity index is 2.45. The monoisotopic (exact) mass is 340 g/mol. The molecule has 1 N–H and O–H groups in total. The third kappa shape index (κ3) is 6.91. The molecule has 2 amide bonds. The number of nitrogens with one attached hydrogen (secondary N) is 1. The summed E-state index contributed by atoms with van der Waals surface area (Å²) in [6.45, 7) is 7.56. The van der Waals surface area contributed by atoms with Crippen molar-refractivity contribution >= 4 is 23.6 Å². The fourth-order valence-electron chi connectivity index (χ4n) is 1.94. The van der Waals surface area contributed by atoms with Gasteiger partial charge in [0, 0.05) is 25.0 Å². The quantitative estimate of drug-likeness (QED) is 0.887. The van der Waals surface area contributed by atoms with E-state index < -0.39 is 11.7 Å². The van der Waals surface area contributed by atoms with E-state index in [0.29, 0.717) is 5.02 Å². The molecule has 0 fully saturated rings. The average molecular weight is 341 g/mol. The maximum absolute atomic E-state index is 12.2. The number of rotatable bonds is 5. The lowest BCUT2D eigenvalue weighted by Gasteiger charge is -2.25. The van der Waals surface area contributed by atoms with E-state index in [-0.39, 0.29) is 24.9 Å². The summed E-state index contributed by atoms with van der Waals surface area (Å²) >= 11 is 5.87. The third-order valence-electron chi connectivity index (χ3n) is 3.33. The maximum Gasteiger partial charge on any atom is 0.407 e. The van der Waals surface area contributed by atoms with Crippen LogP contribution in [0.15, 0.2) is 24.3 Å². The van der Waals surface area contributed by atoms with E-state index in [1.807, 2.05) is 19.1 Å². The predicted octanol–water partition coefficient (Wildman–Crippen LogP) is 3.77. The molecule has 0 saturated heterocycles. The summed E-state index contributed by atoms with van der Waals surface area (Å²) in [5.41, 5.74) is 0.457. The Morgan fingerprint density at radius 3 is 2.35 bits per heavy atom. The highest BCUT2D eigenvalue weighted by atomic mass is 35.5. The maximum atomic E-state index is 12.2. The van der Waals surface area contributed by atoms with Gasteiger partial charge in [-0.1, -0.05) is 23.7 Å². The van der Waals surface area contributed by atoms with Crippen LogP contribution < -0.4 is 5.32 Å². The zero-order valence-electron chi connectivity index (χ0n) is 14.4. The molecule has 0 bridgehead atoms. The SMILES string of the molecule is CC(c1ccc(Cl)cc1)N(C)C(=O)CCNC(=O)OC(C)(C)C. The van der Waals surface area contributed by atoms with Crippen LogP contribution in [-0.2, 0) is 9.53 Å². The highest BCUT2D eigenvalue weighted by Crippen LogP contribution is 2.21. The fourth-order valence-corrected chi connectivity index (χ4v) is 2.07. The summed E-state index contributed by atoms with van der Waals surface area (Å²) < 4.78 is 5.12. The fraction of sp³-hybridized carbons (Fsp3) is 0.529. The number of amides is 2. The first-order valence-electron chi connectivity index (χ1n) is 7.58. The Kier molecular flexibility index (Phi) is 6.88. The van der Waals surface area contributed by atoms with Gasteiger partial charge in [0.15, 0.2) is 0 Å². The second-order valence-electron chi connectivity index (χ2n) is 6.41. The van der Waals surface area contributed by atoms with Crippen LogP contribution in [0.2, 0.25) is 5.02 Å². The normalized spacial score (nSPS) is 12.4. The van der Waals surface area contributed by atoms with E-state index in [0.717, 1.165) is 5.56 Å². The molecule has 0 aliphatic rings. The molecule has 23 heavy (non-hydrogen) atoms. The summed E-state index contributed by atoms with van der Waals surface area (Å²) in [6, 6.07) is 7.33. The number of hydrogen-bond acceptors (Lipinski definition) is 3. The van der Waals surface area contributed by atoms with E-state index in [1.54, 1.807) is 44.9 Å². The number of hydrogen-bond donors (Lipinski definition) is 1. The minimum atomic E-state index is -0.548. The minimum absolute atomic E-state index is 0.0523. The van der Waals surface area contributed by atoms with Gasteiger partial charge in [-0.25, -0.2) is 4.79 Å². The van der Waals surface area contributed by atoms with Crippen LogP contribution >= 0.6 is 11.6 Å². The van der Waals surface area contributed by atoms with Crippen molar-refractivity contribution in [2.45, 2.75) is 45.8 Å². The van der Waals surface area contributed by atoms with E-state index >= 15 is 0 Å². The minimum Gasteiger partial charge on any atom is -0.444 e. The number of carbonyl (C=O) groups is 2. The average Bonchev–Trinajstić information content (AvgIpc) is 2.44. The molecule has 1 rings (SSSR count). The number of carbonyl (C=O) groups excluding carboxylic acids is 2. The van der Waals surface area contributed by atoms with Crippen LogP contribution in [0.5, 0.6) is 0 Å². The number of halogens is 1. The Labute approximate surface area is 142 Å². The number of alkyl carbamates (subject to hydrolysis) is 1. The number of benzene rings is 1. The zero-order chi connectivity index (χ0) is 17.6. The van der Waals surface area contributed by atoms with Gasteiger partial charge in [-0.15, -0.1) is 0 Å². The molecule has 1 atom stereocenters. The van der Waals surface area contributed by atoms with Crippen LogP contribution in [0.3, 0.4) is 0 Å². The van der Waals surface area contributed by atoms with Crippen molar-refractivity contribution in [1.82, 2.24) is 10.2 Å². The lowest BCUT2D eigenvalue weighted by molar-refractivity contribution is -0.131. The van der Waals surface area contributed by atoms with Crippen LogP contribution in [0.1, 0.15) is 45.7 Å². The van der Waals surface area contributed by atoms with Gasteiger partial charge in [0.05, 0.1) is 6.04 Å². The molecule has 0 saturated carbocycles. The van der Waals surface area contributed by atoms with Gasteiger partial charge in [0.25, 0.3) is 0 Å². The van der Waals surface area contributed by atoms with E-state index in [2.05, 4.69) is 5.32 Å². The molecule has 6 heteroatoms. The van der Waals surface area contributed by atoms with Crippen LogP contribution in [0.25, 0.3) is 0 Å². The van der Waals surface area contributed by atoms with Crippen molar-refractivity contribution in [2.75, 3.05) is 13.6 Å². The second kappa shape index (κ2) is 8.20. The summed E-state index contributed by atoms with van der Waals surface area (Å²) in [6.07, 6.45) is -0.299. The van der Waals surface area contributed by atoms with Crippen LogP contribution in [-0.4, -0.2) is 36.1 Å². The predicted molar refractivity (Wildman–Crippen MR) is 91.5 cm³/mol. The highest BCUT2D eigenvalue weighted by Gasteiger charge is 2.19. The lowest BCUT2D eigenvalue weighted by atomic mass is 10.1. The smallest absolute Gasteiger partial charge is 0.407 e. The summed E-state index contributed by atoms with van der Waals surface area (Å²) in [7, 11) is 1.75. The molecular weight excluding hydrogens is 316 g/mol. The van der Waals surface area contributed by atoms with Gasteiger partial charge in [0.2, 0.25) is 5.91 Å². The summed E-state index contributed by atoms with van der Waals surface area (Å²) in [5.74, 6) is -0.0523.